The molecular weight excluding hydrogens is 246 g/mol. The Balaban J connectivity index is 2.21. The second-order valence-electron chi connectivity index (χ2n) is 5.00. The largest absolute Gasteiger partial charge is 0.336 e. The van der Waals surface area contributed by atoms with Crippen molar-refractivity contribution < 1.29 is 4.79 Å². The van der Waals surface area contributed by atoms with Crippen molar-refractivity contribution in [3.05, 3.63) is 65.7 Å². The minimum Gasteiger partial charge on any atom is -0.336 e. The number of hydrogen-bond donors (Lipinski definition) is 0. The maximum atomic E-state index is 11.6. The van der Waals surface area contributed by atoms with Crippen LogP contribution in [0.2, 0.25) is 0 Å². The van der Waals surface area contributed by atoms with Gasteiger partial charge in [0.1, 0.15) is 0 Å². The van der Waals surface area contributed by atoms with Crippen LogP contribution in [0.3, 0.4) is 0 Å². The van der Waals surface area contributed by atoms with Crippen LogP contribution < -0.4 is 0 Å². The molecule has 0 spiro atoms. The van der Waals surface area contributed by atoms with E-state index < -0.39 is 0 Å². The van der Waals surface area contributed by atoms with Crippen LogP contribution in [0.5, 0.6) is 0 Å². The highest BCUT2D eigenvalue weighted by atomic mass is 16.1. The fourth-order valence-corrected chi connectivity index (χ4v) is 3.07. The van der Waals surface area contributed by atoms with E-state index in [1.165, 1.54) is 0 Å². The molecule has 0 saturated heterocycles. The van der Waals surface area contributed by atoms with Crippen molar-refractivity contribution in [2.24, 2.45) is 0 Å². The zero-order valence-electron chi connectivity index (χ0n) is 10.9. The molecule has 2 heterocycles. The summed E-state index contributed by atoms with van der Waals surface area (Å²) in [4.78, 5) is 11.6. The first-order valence-corrected chi connectivity index (χ1v) is 6.72. The summed E-state index contributed by atoms with van der Waals surface area (Å²) in [6.07, 6.45) is 5.26. The summed E-state index contributed by atoms with van der Waals surface area (Å²) < 4.78 is 2.22. The Labute approximate surface area is 117 Å². The fourth-order valence-electron chi connectivity index (χ4n) is 3.07. The second-order valence-corrected chi connectivity index (χ2v) is 5.00. The maximum absolute atomic E-state index is 11.6. The van der Waals surface area contributed by atoms with Gasteiger partial charge in [-0.3, -0.25) is 4.79 Å². The average Bonchev–Trinajstić information content (AvgIpc) is 2.69. The molecule has 20 heavy (non-hydrogen) atoms. The van der Waals surface area contributed by atoms with Crippen LogP contribution in [0.1, 0.15) is 15.9 Å². The maximum Gasteiger partial charge on any atom is 0.152 e. The topological polar surface area (TPSA) is 22.0 Å². The molecule has 0 aliphatic carbocycles. The Hall–Kier alpha value is -2.61. The molecule has 0 atom stereocenters. The molecule has 0 amide bonds. The molecule has 2 heteroatoms. The van der Waals surface area contributed by atoms with Gasteiger partial charge in [-0.1, -0.05) is 54.6 Å². The normalized spacial score (nSPS) is 12.8. The third-order valence-electron chi connectivity index (χ3n) is 3.93. The van der Waals surface area contributed by atoms with E-state index in [1.807, 2.05) is 30.3 Å². The number of aldehydes is 1. The van der Waals surface area contributed by atoms with Gasteiger partial charge in [-0.25, -0.2) is 0 Å². The lowest BCUT2D eigenvalue weighted by Gasteiger charge is -2.08. The number of rotatable bonds is 1. The third-order valence-corrected chi connectivity index (χ3v) is 3.93. The van der Waals surface area contributed by atoms with Crippen molar-refractivity contribution in [2.45, 2.75) is 6.54 Å². The van der Waals surface area contributed by atoms with E-state index in [1.54, 1.807) is 0 Å². The summed E-state index contributed by atoms with van der Waals surface area (Å²) in [5.74, 6) is 0. The van der Waals surface area contributed by atoms with Crippen LogP contribution in [0.15, 0.2) is 54.6 Å². The number of benzene rings is 2. The van der Waals surface area contributed by atoms with Gasteiger partial charge >= 0.3 is 0 Å². The molecule has 1 aliphatic rings. The molecule has 1 aliphatic heterocycles. The van der Waals surface area contributed by atoms with E-state index in [0.717, 1.165) is 46.1 Å². The van der Waals surface area contributed by atoms with Crippen LogP contribution >= 0.6 is 0 Å². The van der Waals surface area contributed by atoms with Crippen molar-refractivity contribution in [1.29, 1.82) is 0 Å². The van der Waals surface area contributed by atoms with Crippen LogP contribution in [-0.2, 0) is 6.54 Å². The minimum absolute atomic E-state index is 0.789. The van der Waals surface area contributed by atoms with E-state index in [9.17, 15) is 4.79 Å². The summed E-state index contributed by atoms with van der Waals surface area (Å²) in [5, 5.41) is 1.03. The predicted octanol–water partition coefficient (Wildman–Crippen LogP) is 4.15. The third kappa shape index (κ3) is 1.42. The minimum atomic E-state index is 0.789. The molecule has 2 nitrogen and oxygen atoms in total. The summed E-state index contributed by atoms with van der Waals surface area (Å²) in [7, 11) is 0. The smallest absolute Gasteiger partial charge is 0.152 e. The number of carbonyl (C=O) groups is 1. The fraction of sp³-hybridized carbons (Fsp3) is 0.0556. The molecule has 0 unspecified atom stereocenters. The predicted molar refractivity (Wildman–Crippen MR) is 81.8 cm³/mol. The van der Waals surface area contributed by atoms with Gasteiger partial charge < -0.3 is 4.57 Å². The molecule has 2 aromatic carbocycles. The van der Waals surface area contributed by atoms with Crippen LogP contribution in [0.4, 0.5) is 0 Å². The summed E-state index contributed by atoms with van der Waals surface area (Å²) in [6, 6.07) is 16.3. The van der Waals surface area contributed by atoms with Crippen molar-refractivity contribution >= 4 is 23.3 Å². The SMILES string of the molecule is O=Cc1c2n(c3ccccc13)CC=Cc1ccccc1-2. The average molecular weight is 259 g/mol. The Morgan fingerprint density at radius 1 is 1.00 bits per heavy atom. The molecule has 1 aromatic heterocycles. The van der Waals surface area contributed by atoms with Gasteiger partial charge in [0.05, 0.1) is 5.69 Å². The van der Waals surface area contributed by atoms with Crippen molar-refractivity contribution in [3.63, 3.8) is 0 Å². The molecule has 3 aromatic rings. The first-order valence-electron chi connectivity index (χ1n) is 6.72. The van der Waals surface area contributed by atoms with E-state index in [0.29, 0.717) is 0 Å². The zero-order chi connectivity index (χ0) is 13.5. The molecule has 0 radical (unpaired) electrons. The monoisotopic (exact) mass is 259 g/mol. The zero-order valence-corrected chi connectivity index (χ0v) is 10.9. The number of carbonyl (C=O) groups excluding carboxylic acids is 1. The van der Waals surface area contributed by atoms with Crippen molar-refractivity contribution in [2.75, 3.05) is 0 Å². The number of aromatic nitrogens is 1. The van der Waals surface area contributed by atoms with Gasteiger partial charge in [0.15, 0.2) is 6.29 Å². The molecule has 96 valence electrons. The Morgan fingerprint density at radius 2 is 1.80 bits per heavy atom. The highest BCUT2D eigenvalue weighted by Gasteiger charge is 2.20. The van der Waals surface area contributed by atoms with Gasteiger partial charge in [0, 0.05) is 28.6 Å². The lowest BCUT2D eigenvalue weighted by Crippen LogP contribution is -1.97. The number of nitrogens with zero attached hydrogens (tertiary/aromatic N) is 1. The van der Waals surface area contributed by atoms with Gasteiger partial charge in [-0.2, -0.15) is 0 Å². The number of hydrogen-bond acceptors (Lipinski definition) is 1. The van der Waals surface area contributed by atoms with Crippen molar-refractivity contribution in [1.82, 2.24) is 4.57 Å². The van der Waals surface area contributed by atoms with Crippen LogP contribution in [0.25, 0.3) is 28.2 Å². The van der Waals surface area contributed by atoms with Gasteiger partial charge in [0.25, 0.3) is 0 Å². The molecule has 0 saturated carbocycles. The number of fused-ring (bicyclic) bond motifs is 5. The second kappa shape index (κ2) is 4.20. The van der Waals surface area contributed by atoms with E-state index in [4.69, 9.17) is 0 Å². The van der Waals surface area contributed by atoms with Gasteiger partial charge in [-0.15, -0.1) is 0 Å². The Kier molecular flexibility index (Phi) is 2.36. The molecule has 4 rings (SSSR count). The van der Waals surface area contributed by atoms with Gasteiger partial charge in [-0.05, 0) is 11.6 Å². The first-order chi connectivity index (χ1) is 9.90. The standard InChI is InChI=1S/C18H13NO/c20-12-16-15-9-3-4-10-17(15)19-11-5-7-13-6-1-2-8-14(13)18(16)19/h1-10,12H,11H2. The van der Waals surface area contributed by atoms with E-state index >= 15 is 0 Å². The summed E-state index contributed by atoms with van der Waals surface area (Å²) >= 11 is 0. The summed E-state index contributed by atoms with van der Waals surface area (Å²) in [6.45, 7) is 0.790. The number of para-hydroxylation sites is 1. The molecular formula is C18H13NO. The lowest BCUT2D eigenvalue weighted by molar-refractivity contribution is 0.112. The lowest BCUT2D eigenvalue weighted by atomic mass is 10.0. The molecule has 0 fully saturated rings. The van der Waals surface area contributed by atoms with E-state index in [-0.39, 0.29) is 0 Å². The molecule has 0 N–H and O–H groups in total. The first kappa shape index (κ1) is 11.2. The molecule has 0 bridgehead atoms. The van der Waals surface area contributed by atoms with Crippen molar-refractivity contribution in [3.8, 4) is 11.3 Å². The number of allylic oxidation sites excluding steroid dienone is 1. The highest BCUT2D eigenvalue weighted by Crippen LogP contribution is 2.36. The van der Waals surface area contributed by atoms with E-state index in [2.05, 4.69) is 34.9 Å². The highest BCUT2D eigenvalue weighted by molar-refractivity contribution is 6.06. The van der Waals surface area contributed by atoms with Gasteiger partial charge in [0.2, 0.25) is 0 Å². The van der Waals surface area contributed by atoms with Crippen LogP contribution in [-0.4, -0.2) is 10.9 Å². The Bertz CT molecular complexity index is 855. The quantitative estimate of drug-likeness (QED) is 0.602. The Morgan fingerprint density at radius 3 is 2.70 bits per heavy atom. The van der Waals surface area contributed by atoms with Crippen LogP contribution in [0, 0.1) is 0 Å². The summed E-state index contributed by atoms with van der Waals surface area (Å²) in [5.41, 5.74) is 5.22.